The van der Waals surface area contributed by atoms with Gasteiger partial charge in [-0.1, -0.05) is 0 Å². The molecule has 1 heterocycles. The van der Waals surface area contributed by atoms with Crippen LogP contribution in [0.15, 0.2) is 18.2 Å². The average molecular weight is 313 g/mol. The van der Waals surface area contributed by atoms with Crippen LogP contribution in [0.4, 0.5) is 5.95 Å². The van der Waals surface area contributed by atoms with Crippen molar-refractivity contribution in [3.05, 3.63) is 21.8 Å². The van der Waals surface area contributed by atoms with Crippen molar-refractivity contribution in [1.82, 2.24) is 9.55 Å². The second-order valence-electron chi connectivity index (χ2n) is 4.06. The summed E-state index contributed by atoms with van der Waals surface area (Å²) in [7, 11) is 0. The minimum atomic E-state index is 0.579. The molecule has 15 heavy (non-hydrogen) atoms. The highest BCUT2D eigenvalue weighted by molar-refractivity contribution is 14.1. The molecule has 0 atom stereocenters. The van der Waals surface area contributed by atoms with E-state index in [4.69, 9.17) is 5.73 Å². The van der Waals surface area contributed by atoms with Crippen LogP contribution in [-0.2, 0) is 0 Å². The molecule has 0 aliphatic heterocycles. The fraction of sp³-hybridized carbons (Fsp3) is 0.364. The highest BCUT2D eigenvalue weighted by Crippen LogP contribution is 2.36. The summed E-state index contributed by atoms with van der Waals surface area (Å²) < 4.78 is 3.40. The maximum absolute atomic E-state index is 5.96. The van der Waals surface area contributed by atoms with Crippen molar-refractivity contribution in [2.24, 2.45) is 0 Å². The zero-order valence-corrected chi connectivity index (χ0v) is 10.4. The van der Waals surface area contributed by atoms with Crippen molar-refractivity contribution in [2.45, 2.75) is 25.3 Å². The molecule has 2 N–H and O–H groups in total. The Morgan fingerprint density at radius 2 is 2.20 bits per heavy atom. The number of fused-ring (bicyclic) bond motifs is 1. The standard InChI is InChI=1S/C11H12IN3/c12-7-4-5-10-9(6-7)14-11(13)15(10)8-2-1-3-8/h4-6,8H,1-3H2,(H2,13,14). The van der Waals surface area contributed by atoms with Crippen LogP contribution < -0.4 is 5.73 Å². The molecule has 0 amide bonds. The number of hydrogen-bond acceptors (Lipinski definition) is 2. The van der Waals surface area contributed by atoms with Crippen LogP contribution >= 0.6 is 22.6 Å². The second kappa shape index (κ2) is 3.37. The smallest absolute Gasteiger partial charge is 0.201 e. The van der Waals surface area contributed by atoms with E-state index >= 15 is 0 Å². The van der Waals surface area contributed by atoms with E-state index in [1.54, 1.807) is 0 Å². The molecule has 0 spiro atoms. The Balaban J connectivity index is 2.23. The third-order valence-electron chi connectivity index (χ3n) is 3.12. The SMILES string of the molecule is Nc1nc2cc(I)ccc2n1C1CCC1. The fourth-order valence-electron chi connectivity index (χ4n) is 2.12. The number of nitrogens with two attached hydrogens (primary N) is 1. The van der Waals surface area contributed by atoms with Gasteiger partial charge in [-0.3, -0.25) is 0 Å². The Hall–Kier alpha value is -0.780. The zero-order valence-electron chi connectivity index (χ0n) is 8.28. The molecule has 1 saturated carbocycles. The number of rotatable bonds is 1. The Bertz CT molecular complexity index is 514. The van der Waals surface area contributed by atoms with Crippen molar-refractivity contribution in [2.75, 3.05) is 5.73 Å². The second-order valence-corrected chi connectivity index (χ2v) is 5.30. The largest absolute Gasteiger partial charge is 0.369 e. The Morgan fingerprint density at radius 3 is 2.87 bits per heavy atom. The summed E-state index contributed by atoms with van der Waals surface area (Å²) >= 11 is 2.30. The summed E-state index contributed by atoms with van der Waals surface area (Å²) in [5.41, 5.74) is 8.16. The number of halogens is 1. The molecular formula is C11H12IN3. The summed E-state index contributed by atoms with van der Waals surface area (Å²) in [6.07, 6.45) is 3.79. The summed E-state index contributed by atoms with van der Waals surface area (Å²) in [5, 5.41) is 0. The van der Waals surface area contributed by atoms with E-state index in [0.717, 1.165) is 5.52 Å². The van der Waals surface area contributed by atoms with E-state index in [0.29, 0.717) is 12.0 Å². The third-order valence-corrected chi connectivity index (χ3v) is 3.79. The van der Waals surface area contributed by atoms with Gasteiger partial charge in [-0.2, -0.15) is 0 Å². The maximum Gasteiger partial charge on any atom is 0.201 e. The van der Waals surface area contributed by atoms with Crippen molar-refractivity contribution < 1.29 is 0 Å². The monoisotopic (exact) mass is 313 g/mol. The lowest BCUT2D eigenvalue weighted by atomic mass is 9.93. The van der Waals surface area contributed by atoms with Gasteiger partial charge < -0.3 is 10.3 Å². The molecule has 0 radical (unpaired) electrons. The first-order valence-electron chi connectivity index (χ1n) is 5.18. The van der Waals surface area contributed by atoms with Crippen molar-refractivity contribution in [3.8, 4) is 0 Å². The van der Waals surface area contributed by atoms with Crippen LogP contribution in [0.1, 0.15) is 25.3 Å². The molecule has 78 valence electrons. The molecule has 1 aromatic carbocycles. The van der Waals surface area contributed by atoms with Crippen molar-refractivity contribution in [3.63, 3.8) is 0 Å². The molecule has 1 aromatic heterocycles. The van der Waals surface area contributed by atoms with Gasteiger partial charge in [0.2, 0.25) is 5.95 Å². The summed E-state index contributed by atoms with van der Waals surface area (Å²) in [6, 6.07) is 6.90. The van der Waals surface area contributed by atoms with Gasteiger partial charge in [-0.15, -0.1) is 0 Å². The third kappa shape index (κ3) is 1.42. The normalized spacial score (nSPS) is 16.9. The molecule has 0 saturated heterocycles. The summed E-state index contributed by atoms with van der Waals surface area (Å²) in [4.78, 5) is 4.41. The van der Waals surface area contributed by atoms with E-state index in [-0.39, 0.29) is 0 Å². The number of anilines is 1. The van der Waals surface area contributed by atoms with Gasteiger partial charge in [0.05, 0.1) is 11.0 Å². The zero-order chi connectivity index (χ0) is 10.4. The minimum Gasteiger partial charge on any atom is -0.369 e. The topological polar surface area (TPSA) is 43.8 Å². The summed E-state index contributed by atoms with van der Waals surface area (Å²) in [5.74, 6) is 0.664. The maximum atomic E-state index is 5.96. The first-order valence-corrected chi connectivity index (χ1v) is 6.26. The van der Waals surface area contributed by atoms with Gasteiger partial charge in [-0.05, 0) is 60.1 Å². The highest BCUT2D eigenvalue weighted by Gasteiger charge is 2.23. The van der Waals surface area contributed by atoms with E-state index < -0.39 is 0 Å². The number of aromatic nitrogens is 2. The van der Waals surface area contributed by atoms with Crippen molar-refractivity contribution in [1.29, 1.82) is 0 Å². The lowest BCUT2D eigenvalue weighted by Gasteiger charge is -2.28. The van der Waals surface area contributed by atoms with Crippen molar-refractivity contribution >= 4 is 39.6 Å². The first-order chi connectivity index (χ1) is 7.25. The van der Waals surface area contributed by atoms with Gasteiger partial charge in [0.25, 0.3) is 0 Å². The molecule has 0 unspecified atom stereocenters. The van der Waals surface area contributed by atoms with E-state index in [9.17, 15) is 0 Å². The van der Waals surface area contributed by atoms with E-state index in [1.807, 2.05) is 0 Å². The lowest BCUT2D eigenvalue weighted by molar-refractivity contribution is 0.324. The first kappa shape index (κ1) is 9.45. The Morgan fingerprint density at radius 1 is 1.40 bits per heavy atom. The number of nitrogen functional groups attached to an aromatic ring is 1. The predicted molar refractivity (Wildman–Crippen MR) is 69.8 cm³/mol. The van der Waals surface area contributed by atoms with Gasteiger partial charge in [0.15, 0.2) is 0 Å². The molecular weight excluding hydrogens is 301 g/mol. The molecule has 4 heteroatoms. The Kier molecular flexibility index (Phi) is 2.12. The quantitative estimate of drug-likeness (QED) is 0.823. The van der Waals surface area contributed by atoms with Gasteiger partial charge in [0.1, 0.15) is 0 Å². The molecule has 3 rings (SSSR count). The Labute approximate surface area is 102 Å². The molecule has 1 aliphatic carbocycles. The fourth-order valence-corrected chi connectivity index (χ4v) is 2.59. The average Bonchev–Trinajstić information content (AvgIpc) is 2.40. The number of hydrogen-bond donors (Lipinski definition) is 1. The number of imidazole rings is 1. The van der Waals surface area contributed by atoms with Crippen LogP contribution in [0.2, 0.25) is 0 Å². The van der Waals surface area contributed by atoms with Gasteiger partial charge in [-0.25, -0.2) is 4.98 Å². The molecule has 1 fully saturated rings. The van der Waals surface area contributed by atoms with Gasteiger partial charge in [0, 0.05) is 9.61 Å². The van der Waals surface area contributed by atoms with E-state index in [1.165, 1.54) is 28.3 Å². The minimum absolute atomic E-state index is 0.579. The van der Waals surface area contributed by atoms with Crippen LogP contribution in [0, 0.1) is 3.57 Å². The molecule has 2 aromatic rings. The van der Waals surface area contributed by atoms with Crippen LogP contribution in [0.25, 0.3) is 11.0 Å². The summed E-state index contributed by atoms with van der Waals surface area (Å²) in [6.45, 7) is 0. The number of benzene rings is 1. The molecule has 3 nitrogen and oxygen atoms in total. The molecule has 1 aliphatic rings. The molecule has 0 bridgehead atoms. The van der Waals surface area contributed by atoms with Crippen LogP contribution in [0.5, 0.6) is 0 Å². The van der Waals surface area contributed by atoms with Crippen LogP contribution in [0.3, 0.4) is 0 Å². The number of nitrogens with zero attached hydrogens (tertiary/aromatic N) is 2. The lowest BCUT2D eigenvalue weighted by Crippen LogP contribution is -2.18. The highest BCUT2D eigenvalue weighted by atomic mass is 127. The van der Waals surface area contributed by atoms with Crippen LogP contribution in [-0.4, -0.2) is 9.55 Å². The van der Waals surface area contributed by atoms with E-state index in [2.05, 4.69) is 50.3 Å². The van der Waals surface area contributed by atoms with Gasteiger partial charge >= 0.3 is 0 Å². The predicted octanol–water partition coefficient (Wildman–Crippen LogP) is 2.95.